The van der Waals surface area contributed by atoms with Gasteiger partial charge in [-0.15, -0.1) is 0 Å². The third kappa shape index (κ3) is 1.41. The molecule has 0 aromatic heterocycles. The first-order chi connectivity index (χ1) is 6.52. The number of alkyl halides is 2. The monoisotopic (exact) mass is 272 g/mol. The zero-order chi connectivity index (χ0) is 10.3. The fourth-order valence-electron chi connectivity index (χ4n) is 1.50. The van der Waals surface area contributed by atoms with Crippen molar-refractivity contribution in [1.29, 1.82) is 0 Å². The summed E-state index contributed by atoms with van der Waals surface area (Å²) in [5.74, 6) is -0.346. The largest absolute Gasteiger partial charge is 0.294 e. The molecule has 0 saturated carbocycles. The molecule has 14 heavy (non-hydrogen) atoms. The lowest BCUT2D eigenvalue weighted by Crippen LogP contribution is -2.35. The van der Waals surface area contributed by atoms with E-state index in [4.69, 9.17) is 11.6 Å². The molecule has 4 heteroatoms. The number of halogens is 2. The Morgan fingerprint density at radius 3 is 2.43 bits per heavy atom. The minimum Gasteiger partial charge on any atom is -0.294 e. The molecule has 0 N–H and O–H groups in total. The molecule has 1 atom stereocenters. The molecule has 0 heterocycles. The van der Waals surface area contributed by atoms with Gasteiger partial charge in [0.1, 0.15) is 0 Å². The Labute approximate surface area is 94.4 Å². The molecule has 1 unspecified atom stereocenters. The number of fused-ring (bicyclic) bond motifs is 1. The molecule has 1 aromatic carbocycles. The first-order valence-electron chi connectivity index (χ1n) is 4.07. The Morgan fingerprint density at radius 2 is 1.79 bits per heavy atom. The predicted octanol–water partition coefficient (Wildman–Crippen LogP) is 2.79. The van der Waals surface area contributed by atoms with E-state index in [0.29, 0.717) is 11.1 Å². The van der Waals surface area contributed by atoms with Gasteiger partial charge in [-0.05, 0) is 0 Å². The molecule has 0 aliphatic heterocycles. The van der Waals surface area contributed by atoms with E-state index in [1.165, 1.54) is 0 Å². The summed E-state index contributed by atoms with van der Waals surface area (Å²) in [5.41, 5.74) is 0.865. The van der Waals surface area contributed by atoms with Crippen molar-refractivity contribution in [2.75, 3.05) is 0 Å². The fraction of sp³-hybridized carbons (Fsp3) is 0.200. The normalized spacial score (nSPS) is 26.1. The number of hydrogen-bond donors (Lipinski definition) is 0. The maximum atomic E-state index is 11.8. The van der Waals surface area contributed by atoms with Crippen LogP contribution in [0.4, 0.5) is 0 Å². The van der Waals surface area contributed by atoms with Crippen LogP contribution in [0.5, 0.6) is 0 Å². The van der Waals surface area contributed by atoms with Crippen LogP contribution in [0.25, 0.3) is 0 Å². The number of carbonyl (C=O) groups excluding carboxylic acids is 2. The predicted molar refractivity (Wildman–Crippen MR) is 57.2 cm³/mol. The second-order valence-corrected chi connectivity index (χ2v) is 5.63. The maximum Gasteiger partial charge on any atom is 0.195 e. The molecule has 1 aromatic rings. The topological polar surface area (TPSA) is 34.1 Å². The second-order valence-electron chi connectivity index (χ2n) is 3.18. The van der Waals surface area contributed by atoms with Gasteiger partial charge in [0, 0.05) is 17.5 Å². The number of carbonyl (C=O) groups is 2. The van der Waals surface area contributed by atoms with Gasteiger partial charge in [0.2, 0.25) is 0 Å². The van der Waals surface area contributed by atoms with Gasteiger partial charge in [-0.25, -0.2) is 0 Å². The Kier molecular flexibility index (Phi) is 2.24. The summed E-state index contributed by atoms with van der Waals surface area (Å²) in [5, 5.41) is 0. The van der Waals surface area contributed by atoms with E-state index in [1.54, 1.807) is 24.3 Å². The van der Waals surface area contributed by atoms with Gasteiger partial charge >= 0.3 is 0 Å². The van der Waals surface area contributed by atoms with Gasteiger partial charge < -0.3 is 0 Å². The standard InChI is InChI=1S/C10H6BrClO2/c11-10(12)5-8(13)6-3-1-2-4-7(6)9(10)14/h1-4H,5H2. The highest BCUT2D eigenvalue weighted by atomic mass is 79.9. The average Bonchev–Trinajstić information content (AvgIpc) is 2.14. The minimum absolute atomic E-state index is 0.00437. The highest BCUT2D eigenvalue weighted by Crippen LogP contribution is 2.38. The van der Waals surface area contributed by atoms with Gasteiger partial charge in [-0.1, -0.05) is 51.8 Å². The van der Waals surface area contributed by atoms with Crippen molar-refractivity contribution in [3.63, 3.8) is 0 Å². The van der Waals surface area contributed by atoms with Crippen LogP contribution in [-0.2, 0) is 0 Å². The molecule has 1 aliphatic carbocycles. The number of ketones is 2. The average molecular weight is 274 g/mol. The summed E-state index contributed by atoms with van der Waals surface area (Å²) >= 11 is 8.95. The number of hydrogen-bond acceptors (Lipinski definition) is 2. The van der Waals surface area contributed by atoms with E-state index in [1.807, 2.05) is 0 Å². The SMILES string of the molecule is O=C1CC(Cl)(Br)C(=O)c2ccccc21. The van der Waals surface area contributed by atoms with Crippen LogP contribution in [0.15, 0.2) is 24.3 Å². The number of rotatable bonds is 0. The van der Waals surface area contributed by atoms with Crippen LogP contribution in [0.1, 0.15) is 27.1 Å². The zero-order valence-electron chi connectivity index (χ0n) is 7.09. The first kappa shape index (κ1) is 9.87. The second kappa shape index (κ2) is 3.17. The molecule has 1 aliphatic rings. The van der Waals surface area contributed by atoms with Crippen molar-refractivity contribution in [2.45, 2.75) is 10.2 Å². The lowest BCUT2D eigenvalue weighted by atomic mass is 9.89. The zero-order valence-corrected chi connectivity index (χ0v) is 9.43. The van der Waals surface area contributed by atoms with Gasteiger partial charge in [-0.3, -0.25) is 9.59 Å². The lowest BCUT2D eigenvalue weighted by Gasteiger charge is -2.24. The van der Waals surface area contributed by atoms with Crippen molar-refractivity contribution >= 4 is 39.1 Å². The van der Waals surface area contributed by atoms with Crippen LogP contribution in [0, 0.1) is 0 Å². The van der Waals surface area contributed by atoms with Crippen molar-refractivity contribution in [3.8, 4) is 0 Å². The number of benzene rings is 1. The van der Waals surface area contributed by atoms with Crippen LogP contribution in [0.3, 0.4) is 0 Å². The smallest absolute Gasteiger partial charge is 0.195 e. The Morgan fingerprint density at radius 1 is 1.21 bits per heavy atom. The minimum atomic E-state index is -1.25. The third-order valence-electron chi connectivity index (χ3n) is 2.19. The highest BCUT2D eigenvalue weighted by Gasteiger charge is 2.42. The maximum absolute atomic E-state index is 11.8. The molecule has 0 amide bonds. The first-order valence-corrected chi connectivity index (χ1v) is 5.24. The van der Waals surface area contributed by atoms with Crippen LogP contribution < -0.4 is 0 Å². The third-order valence-corrected chi connectivity index (χ3v) is 3.13. The Hall–Kier alpha value is -0.670. The Balaban J connectivity index is 2.63. The summed E-state index contributed by atoms with van der Waals surface area (Å²) in [7, 11) is 0. The molecule has 0 bridgehead atoms. The van der Waals surface area contributed by atoms with Gasteiger partial charge in [0.05, 0.1) is 0 Å². The van der Waals surface area contributed by atoms with Gasteiger partial charge in [0.15, 0.2) is 15.3 Å². The molecular formula is C10H6BrClO2. The molecule has 72 valence electrons. The highest BCUT2D eigenvalue weighted by molar-refractivity contribution is 9.10. The van der Waals surface area contributed by atoms with Gasteiger partial charge in [-0.2, -0.15) is 0 Å². The molecule has 2 rings (SSSR count). The van der Waals surface area contributed by atoms with Crippen molar-refractivity contribution < 1.29 is 9.59 Å². The van der Waals surface area contributed by atoms with Gasteiger partial charge in [0.25, 0.3) is 0 Å². The van der Waals surface area contributed by atoms with E-state index in [-0.39, 0.29) is 18.0 Å². The van der Waals surface area contributed by atoms with Crippen LogP contribution in [0.2, 0.25) is 0 Å². The summed E-state index contributed by atoms with van der Waals surface area (Å²) in [6.07, 6.45) is 0.00437. The van der Waals surface area contributed by atoms with E-state index < -0.39 is 3.78 Å². The van der Waals surface area contributed by atoms with Crippen molar-refractivity contribution in [1.82, 2.24) is 0 Å². The molecule has 0 radical (unpaired) electrons. The van der Waals surface area contributed by atoms with E-state index >= 15 is 0 Å². The van der Waals surface area contributed by atoms with E-state index in [2.05, 4.69) is 15.9 Å². The molecule has 0 saturated heterocycles. The molecule has 0 fully saturated rings. The molecular weight excluding hydrogens is 267 g/mol. The fourth-order valence-corrected chi connectivity index (χ4v) is 2.19. The summed E-state index contributed by atoms with van der Waals surface area (Å²) in [4.78, 5) is 23.3. The molecule has 2 nitrogen and oxygen atoms in total. The molecule has 0 spiro atoms. The van der Waals surface area contributed by atoms with Crippen molar-refractivity contribution in [2.24, 2.45) is 0 Å². The quantitative estimate of drug-likeness (QED) is 0.681. The lowest BCUT2D eigenvalue weighted by molar-refractivity contribution is 0.0885. The summed E-state index contributed by atoms with van der Waals surface area (Å²) in [6.45, 7) is 0. The van der Waals surface area contributed by atoms with Crippen molar-refractivity contribution in [3.05, 3.63) is 35.4 Å². The Bertz CT molecular complexity index is 426. The van der Waals surface area contributed by atoms with Crippen LogP contribution in [-0.4, -0.2) is 15.3 Å². The van der Waals surface area contributed by atoms with Crippen LogP contribution >= 0.6 is 27.5 Å². The summed E-state index contributed by atoms with van der Waals surface area (Å²) in [6, 6.07) is 6.72. The van der Waals surface area contributed by atoms with E-state index in [0.717, 1.165) is 0 Å². The summed E-state index contributed by atoms with van der Waals surface area (Å²) < 4.78 is -1.25. The number of Topliss-reactive ketones (excluding diaryl/α,β-unsaturated/α-hetero) is 2. The van der Waals surface area contributed by atoms with E-state index in [9.17, 15) is 9.59 Å².